The van der Waals surface area contributed by atoms with Gasteiger partial charge in [-0.1, -0.05) is 6.58 Å². The van der Waals surface area contributed by atoms with E-state index in [1.54, 1.807) is 7.05 Å². The average molecular weight is 167 g/mol. The molecule has 68 valence electrons. The molecule has 0 aromatic heterocycles. The molecule has 3 nitrogen and oxygen atoms in total. The number of aliphatic imine (C=N–C) groups is 1. The smallest absolute Gasteiger partial charge is 0.0928 e. The standard InChI is InChI=1S/C9H17N3/c1-6(7(2)11-5)8(3)12-9(4)10/h12H,4,10H2,1-3,5H3/b8-6+,11-7-. The highest BCUT2D eigenvalue weighted by molar-refractivity contribution is 5.98. The van der Waals surface area contributed by atoms with Crippen LogP contribution in [0, 0.1) is 0 Å². The lowest BCUT2D eigenvalue weighted by Gasteiger charge is -2.09. The van der Waals surface area contributed by atoms with Crippen LogP contribution in [0.2, 0.25) is 0 Å². The molecule has 3 N–H and O–H groups in total. The van der Waals surface area contributed by atoms with Crippen LogP contribution in [0.15, 0.2) is 28.7 Å². The van der Waals surface area contributed by atoms with E-state index in [0.717, 1.165) is 17.0 Å². The van der Waals surface area contributed by atoms with E-state index in [2.05, 4.69) is 16.9 Å². The van der Waals surface area contributed by atoms with Crippen molar-refractivity contribution in [3.05, 3.63) is 23.7 Å². The van der Waals surface area contributed by atoms with E-state index in [1.807, 2.05) is 20.8 Å². The fourth-order valence-corrected chi connectivity index (χ4v) is 0.774. The van der Waals surface area contributed by atoms with Gasteiger partial charge < -0.3 is 11.1 Å². The van der Waals surface area contributed by atoms with Gasteiger partial charge in [0.25, 0.3) is 0 Å². The molecule has 0 aliphatic carbocycles. The van der Waals surface area contributed by atoms with Crippen molar-refractivity contribution in [2.24, 2.45) is 10.7 Å². The maximum Gasteiger partial charge on any atom is 0.0928 e. The molecule has 0 aromatic carbocycles. The van der Waals surface area contributed by atoms with Gasteiger partial charge in [0, 0.05) is 18.5 Å². The zero-order chi connectivity index (χ0) is 9.72. The van der Waals surface area contributed by atoms with E-state index < -0.39 is 0 Å². The van der Waals surface area contributed by atoms with Gasteiger partial charge in [0.1, 0.15) is 0 Å². The monoisotopic (exact) mass is 167 g/mol. The lowest BCUT2D eigenvalue weighted by Crippen LogP contribution is -2.18. The molecule has 0 spiro atoms. The summed E-state index contributed by atoms with van der Waals surface area (Å²) in [6.07, 6.45) is 0. The largest absolute Gasteiger partial charge is 0.386 e. The maximum atomic E-state index is 5.39. The first-order chi connectivity index (χ1) is 5.49. The quantitative estimate of drug-likeness (QED) is 0.624. The van der Waals surface area contributed by atoms with Crippen LogP contribution in [0.25, 0.3) is 0 Å². The first-order valence-electron chi connectivity index (χ1n) is 3.81. The summed E-state index contributed by atoms with van der Waals surface area (Å²) >= 11 is 0. The van der Waals surface area contributed by atoms with Crippen LogP contribution in [-0.2, 0) is 0 Å². The van der Waals surface area contributed by atoms with Crippen molar-refractivity contribution in [3.63, 3.8) is 0 Å². The van der Waals surface area contributed by atoms with E-state index in [-0.39, 0.29) is 0 Å². The molecule has 0 atom stereocenters. The van der Waals surface area contributed by atoms with Crippen LogP contribution in [0.4, 0.5) is 0 Å². The third-order valence-electron chi connectivity index (χ3n) is 1.79. The molecule has 0 saturated carbocycles. The van der Waals surface area contributed by atoms with E-state index in [9.17, 15) is 0 Å². The zero-order valence-corrected chi connectivity index (χ0v) is 8.23. The molecule has 0 fully saturated rings. The second-order valence-corrected chi connectivity index (χ2v) is 2.71. The van der Waals surface area contributed by atoms with Gasteiger partial charge in [0.05, 0.1) is 5.82 Å². The van der Waals surface area contributed by atoms with Crippen molar-refractivity contribution in [1.29, 1.82) is 0 Å². The normalized spacial score (nSPS) is 13.8. The number of hydrogen-bond acceptors (Lipinski definition) is 3. The minimum Gasteiger partial charge on any atom is -0.386 e. The SMILES string of the molecule is C=C(N)N/C(C)=C(C)/C(C)=N\C. The van der Waals surface area contributed by atoms with Crippen LogP contribution in [0.1, 0.15) is 20.8 Å². The lowest BCUT2D eigenvalue weighted by molar-refractivity contribution is 0.941. The van der Waals surface area contributed by atoms with Gasteiger partial charge in [0.15, 0.2) is 0 Å². The second kappa shape index (κ2) is 4.59. The Morgan fingerprint density at radius 3 is 2.17 bits per heavy atom. The second-order valence-electron chi connectivity index (χ2n) is 2.71. The van der Waals surface area contributed by atoms with Crippen molar-refractivity contribution >= 4 is 5.71 Å². The van der Waals surface area contributed by atoms with Gasteiger partial charge in [-0.15, -0.1) is 0 Å². The first kappa shape index (κ1) is 10.8. The molecular formula is C9H17N3. The van der Waals surface area contributed by atoms with Crippen LogP contribution in [0.3, 0.4) is 0 Å². The molecule has 0 amide bonds. The highest BCUT2D eigenvalue weighted by Crippen LogP contribution is 2.02. The summed E-state index contributed by atoms with van der Waals surface area (Å²) in [7, 11) is 1.77. The highest BCUT2D eigenvalue weighted by atomic mass is 15.0. The Morgan fingerprint density at radius 1 is 1.33 bits per heavy atom. The van der Waals surface area contributed by atoms with Crippen molar-refractivity contribution in [3.8, 4) is 0 Å². The van der Waals surface area contributed by atoms with Gasteiger partial charge in [-0.05, 0) is 26.3 Å². The van der Waals surface area contributed by atoms with E-state index >= 15 is 0 Å². The average Bonchev–Trinajstić information content (AvgIpc) is 2.00. The van der Waals surface area contributed by atoms with Crippen molar-refractivity contribution in [2.75, 3.05) is 7.05 Å². The Hall–Kier alpha value is -1.25. The maximum absolute atomic E-state index is 5.39. The minimum atomic E-state index is 0.454. The summed E-state index contributed by atoms with van der Waals surface area (Å²) < 4.78 is 0. The first-order valence-corrected chi connectivity index (χ1v) is 3.81. The molecule has 0 saturated heterocycles. The van der Waals surface area contributed by atoms with Crippen LogP contribution in [-0.4, -0.2) is 12.8 Å². The highest BCUT2D eigenvalue weighted by Gasteiger charge is 1.98. The third kappa shape index (κ3) is 3.23. The zero-order valence-electron chi connectivity index (χ0n) is 8.23. The molecule has 0 aliphatic heterocycles. The molecule has 0 rings (SSSR count). The van der Waals surface area contributed by atoms with Gasteiger partial charge in [-0.25, -0.2) is 0 Å². The van der Waals surface area contributed by atoms with Crippen molar-refractivity contribution in [2.45, 2.75) is 20.8 Å². The predicted octanol–water partition coefficient (Wildman–Crippen LogP) is 1.39. The number of nitrogens with zero attached hydrogens (tertiary/aromatic N) is 1. The number of hydrogen-bond donors (Lipinski definition) is 2. The summed E-state index contributed by atoms with van der Waals surface area (Å²) in [5.74, 6) is 0.454. The van der Waals surface area contributed by atoms with E-state index in [4.69, 9.17) is 5.73 Å². The van der Waals surface area contributed by atoms with Gasteiger partial charge in [0.2, 0.25) is 0 Å². The third-order valence-corrected chi connectivity index (χ3v) is 1.79. The Kier molecular flexibility index (Phi) is 4.11. The number of rotatable bonds is 3. The Bertz CT molecular complexity index is 236. The lowest BCUT2D eigenvalue weighted by atomic mass is 10.1. The number of allylic oxidation sites excluding steroid dienone is 2. The topological polar surface area (TPSA) is 50.4 Å². The Balaban J connectivity index is 4.57. The van der Waals surface area contributed by atoms with Crippen molar-refractivity contribution < 1.29 is 0 Å². The van der Waals surface area contributed by atoms with Crippen LogP contribution < -0.4 is 11.1 Å². The number of nitrogens with two attached hydrogens (primary N) is 1. The summed E-state index contributed by atoms with van der Waals surface area (Å²) in [4.78, 5) is 4.07. The molecule has 0 unspecified atom stereocenters. The van der Waals surface area contributed by atoms with Crippen LogP contribution >= 0.6 is 0 Å². The molecule has 0 heterocycles. The van der Waals surface area contributed by atoms with Gasteiger partial charge in [-0.3, -0.25) is 4.99 Å². The molecule has 0 radical (unpaired) electrons. The fourth-order valence-electron chi connectivity index (χ4n) is 0.774. The molecule has 0 aliphatic rings. The summed E-state index contributed by atoms with van der Waals surface area (Å²) in [5.41, 5.74) is 8.49. The minimum absolute atomic E-state index is 0.454. The molecular weight excluding hydrogens is 150 g/mol. The van der Waals surface area contributed by atoms with Crippen molar-refractivity contribution in [1.82, 2.24) is 5.32 Å². The molecule has 0 bridgehead atoms. The number of nitrogens with one attached hydrogen (secondary N) is 1. The van der Waals surface area contributed by atoms with E-state index in [0.29, 0.717) is 5.82 Å². The summed E-state index contributed by atoms with van der Waals surface area (Å²) in [6, 6.07) is 0. The molecule has 0 aromatic rings. The predicted molar refractivity (Wildman–Crippen MR) is 53.9 cm³/mol. The molecule has 3 heteroatoms. The van der Waals surface area contributed by atoms with Gasteiger partial charge in [-0.2, -0.15) is 0 Å². The Morgan fingerprint density at radius 2 is 1.83 bits per heavy atom. The Labute approximate surface area is 74.1 Å². The molecule has 12 heavy (non-hydrogen) atoms. The fraction of sp³-hybridized carbons (Fsp3) is 0.444. The van der Waals surface area contributed by atoms with E-state index in [1.165, 1.54) is 0 Å². The van der Waals surface area contributed by atoms with Gasteiger partial charge >= 0.3 is 0 Å². The summed E-state index contributed by atoms with van der Waals surface area (Å²) in [6.45, 7) is 9.45. The summed E-state index contributed by atoms with van der Waals surface area (Å²) in [5, 5.41) is 2.94. The van der Waals surface area contributed by atoms with Crippen LogP contribution in [0.5, 0.6) is 0 Å².